The smallest absolute Gasteiger partial charge is 0.410 e. The second-order valence-corrected chi connectivity index (χ2v) is 7.99. The van der Waals surface area contributed by atoms with Crippen LogP contribution in [0.1, 0.15) is 31.7 Å². The number of likely N-dealkylation sites (tertiary alicyclic amines) is 1. The van der Waals surface area contributed by atoms with Crippen molar-refractivity contribution in [1.82, 2.24) is 15.2 Å². The Labute approximate surface area is 179 Å². The zero-order valence-electron chi connectivity index (χ0n) is 17.1. The normalized spacial score (nSPS) is 15.7. The van der Waals surface area contributed by atoms with Gasteiger partial charge < -0.3 is 15.4 Å². The summed E-state index contributed by atoms with van der Waals surface area (Å²) in [5.74, 6) is -0.254. The van der Waals surface area contributed by atoms with Crippen LogP contribution in [0.15, 0.2) is 29.6 Å². The number of benzene rings is 1. The molecular formula is C21H26N4O4S. The van der Waals surface area contributed by atoms with Gasteiger partial charge in [-0.05, 0) is 31.2 Å². The van der Waals surface area contributed by atoms with Crippen LogP contribution in [0.3, 0.4) is 0 Å². The Bertz CT molecular complexity index is 897. The molecule has 1 aromatic heterocycles. The molecule has 1 aromatic carbocycles. The number of methoxy groups -OCH3 is 1. The molecule has 1 aliphatic rings. The Morgan fingerprint density at radius 1 is 1.27 bits per heavy atom. The second kappa shape index (κ2) is 10.2. The molecule has 0 aliphatic carbocycles. The van der Waals surface area contributed by atoms with E-state index in [0.717, 1.165) is 30.5 Å². The van der Waals surface area contributed by atoms with Gasteiger partial charge in [0.15, 0.2) is 5.13 Å². The molecule has 2 N–H and O–H groups in total. The molecule has 30 heavy (non-hydrogen) atoms. The lowest BCUT2D eigenvalue weighted by Crippen LogP contribution is -2.43. The lowest BCUT2D eigenvalue weighted by molar-refractivity contribution is -0.120. The van der Waals surface area contributed by atoms with Crippen molar-refractivity contribution in [1.29, 1.82) is 0 Å². The van der Waals surface area contributed by atoms with Crippen LogP contribution in [0, 0.1) is 0 Å². The number of nitrogens with zero attached hydrogens (tertiary/aromatic N) is 2. The highest BCUT2D eigenvalue weighted by molar-refractivity contribution is 7.14. The molecule has 2 heterocycles. The van der Waals surface area contributed by atoms with Crippen molar-refractivity contribution in [3.63, 3.8) is 0 Å². The first-order chi connectivity index (χ1) is 14.5. The van der Waals surface area contributed by atoms with Crippen molar-refractivity contribution in [3.05, 3.63) is 35.2 Å². The molecule has 0 radical (unpaired) electrons. The molecule has 1 saturated heterocycles. The first kappa shape index (κ1) is 21.8. The van der Waals surface area contributed by atoms with E-state index in [1.165, 1.54) is 35.8 Å². The van der Waals surface area contributed by atoms with Crippen LogP contribution in [-0.2, 0) is 20.7 Å². The molecule has 0 bridgehead atoms. The fraction of sp³-hybridized carbons (Fsp3) is 0.429. The molecule has 1 unspecified atom stereocenters. The summed E-state index contributed by atoms with van der Waals surface area (Å²) in [6.07, 6.45) is 2.67. The van der Waals surface area contributed by atoms with Gasteiger partial charge in [0.05, 0.1) is 12.8 Å². The molecule has 0 saturated carbocycles. The molecule has 1 atom stereocenters. The van der Waals surface area contributed by atoms with Crippen molar-refractivity contribution in [3.8, 4) is 11.3 Å². The molecule has 2 aromatic rings. The summed E-state index contributed by atoms with van der Waals surface area (Å²) < 4.78 is 4.75. The summed E-state index contributed by atoms with van der Waals surface area (Å²) in [4.78, 5) is 41.2. The van der Waals surface area contributed by atoms with Crippen LogP contribution in [0.5, 0.6) is 0 Å². The largest absolute Gasteiger partial charge is 0.453 e. The van der Waals surface area contributed by atoms with E-state index in [9.17, 15) is 14.4 Å². The fourth-order valence-electron chi connectivity index (χ4n) is 3.43. The van der Waals surface area contributed by atoms with Crippen LogP contribution in [0.4, 0.5) is 9.93 Å². The highest BCUT2D eigenvalue weighted by Gasteiger charge is 2.35. The number of carbonyl (C=O) groups is 3. The van der Waals surface area contributed by atoms with Gasteiger partial charge in [-0.25, -0.2) is 9.78 Å². The maximum Gasteiger partial charge on any atom is 0.410 e. The third-order valence-electron chi connectivity index (χ3n) is 4.96. The average molecular weight is 431 g/mol. The van der Waals surface area contributed by atoms with E-state index >= 15 is 0 Å². The van der Waals surface area contributed by atoms with Gasteiger partial charge in [-0.15, -0.1) is 11.3 Å². The Kier molecular flexibility index (Phi) is 7.40. The van der Waals surface area contributed by atoms with Gasteiger partial charge in [0.1, 0.15) is 6.04 Å². The van der Waals surface area contributed by atoms with Crippen LogP contribution in [0.25, 0.3) is 11.3 Å². The van der Waals surface area contributed by atoms with Crippen LogP contribution >= 0.6 is 11.3 Å². The molecule has 9 heteroatoms. The molecule has 1 fully saturated rings. The Morgan fingerprint density at radius 2 is 2.03 bits per heavy atom. The molecular weight excluding hydrogens is 404 g/mol. The highest BCUT2D eigenvalue weighted by atomic mass is 32.1. The quantitative estimate of drug-likeness (QED) is 0.658. The van der Waals surface area contributed by atoms with Crippen LogP contribution in [-0.4, -0.2) is 54.0 Å². The summed E-state index contributed by atoms with van der Waals surface area (Å²) in [6, 6.07) is 7.58. The summed E-state index contributed by atoms with van der Waals surface area (Å²) >= 11 is 1.35. The number of aromatic nitrogens is 1. The van der Waals surface area contributed by atoms with Gasteiger partial charge in [0, 0.05) is 31.0 Å². The van der Waals surface area contributed by atoms with E-state index in [0.29, 0.717) is 24.6 Å². The Balaban J connectivity index is 1.56. The van der Waals surface area contributed by atoms with E-state index in [1.54, 1.807) is 0 Å². The summed E-state index contributed by atoms with van der Waals surface area (Å²) in [5.41, 5.74) is 2.95. The van der Waals surface area contributed by atoms with Crippen LogP contribution < -0.4 is 10.6 Å². The number of hydrogen-bond acceptors (Lipinski definition) is 6. The van der Waals surface area contributed by atoms with E-state index in [2.05, 4.69) is 15.6 Å². The third kappa shape index (κ3) is 5.56. The van der Waals surface area contributed by atoms with Gasteiger partial charge in [0.2, 0.25) is 11.8 Å². The topological polar surface area (TPSA) is 101 Å². The van der Waals surface area contributed by atoms with Gasteiger partial charge >= 0.3 is 6.09 Å². The maximum atomic E-state index is 12.6. The minimum absolute atomic E-state index is 0.0114. The van der Waals surface area contributed by atoms with Gasteiger partial charge in [-0.3, -0.25) is 14.5 Å². The van der Waals surface area contributed by atoms with Crippen molar-refractivity contribution < 1.29 is 19.1 Å². The number of rotatable bonds is 7. The summed E-state index contributed by atoms with van der Waals surface area (Å²) in [5, 5.41) is 8.02. The van der Waals surface area contributed by atoms with Gasteiger partial charge in [0.25, 0.3) is 0 Å². The van der Waals surface area contributed by atoms with E-state index in [-0.39, 0.29) is 11.8 Å². The van der Waals surface area contributed by atoms with Crippen molar-refractivity contribution in [2.45, 2.75) is 38.6 Å². The summed E-state index contributed by atoms with van der Waals surface area (Å²) in [6.45, 7) is 2.70. The number of anilines is 1. The van der Waals surface area contributed by atoms with E-state index in [4.69, 9.17) is 4.74 Å². The predicted octanol–water partition coefficient (Wildman–Crippen LogP) is 3.05. The Hall–Kier alpha value is -2.94. The number of carbonyl (C=O) groups excluding carboxylic acids is 3. The first-order valence-corrected chi connectivity index (χ1v) is 10.8. The number of ether oxygens (including phenoxy) is 1. The number of hydrogen-bond donors (Lipinski definition) is 2. The van der Waals surface area contributed by atoms with E-state index < -0.39 is 12.1 Å². The summed E-state index contributed by atoms with van der Waals surface area (Å²) in [7, 11) is 1.32. The maximum absolute atomic E-state index is 12.6. The van der Waals surface area contributed by atoms with Crippen molar-refractivity contribution >= 4 is 34.4 Å². The molecule has 160 valence electrons. The standard InChI is InChI=1S/C21H26N4O4S/c1-14(26)22-11-3-5-15-7-9-16(10-8-15)17-13-30-20(23-17)24-19(27)18-6-4-12-25(18)21(28)29-2/h7-10,13,18H,3-6,11-12H2,1-2H3,(H,22,26)(H,23,24,27). The fourth-order valence-corrected chi connectivity index (χ4v) is 4.15. The number of amides is 3. The molecule has 0 spiro atoms. The average Bonchev–Trinajstić information content (AvgIpc) is 3.41. The van der Waals surface area contributed by atoms with E-state index in [1.807, 2.05) is 29.6 Å². The zero-order valence-corrected chi connectivity index (χ0v) is 18.0. The molecule has 1 aliphatic heterocycles. The van der Waals surface area contributed by atoms with Crippen molar-refractivity contribution in [2.24, 2.45) is 0 Å². The molecule has 3 rings (SSSR count). The second-order valence-electron chi connectivity index (χ2n) is 7.13. The third-order valence-corrected chi connectivity index (χ3v) is 5.72. The number of aryl methyl sites for hydroxylation is 1. The minimum Gasteiger partial charge on any atom is -0.453 e. The SMILES string of the molecule is COC(=O)N1CCCC1C(=O)Nc1nc(-c2ccc(CCCNC(C)=O)cc2)cs1. The highest BCUT2D eigenvalue weighted by Crippen LogP contribution is 2.26. The number of nitrogens with one attached hydrogen (secondary N) is 2. The lowest BCUT2D eigenvalue weighted by Gasteiger charge is -2.21. The van der Waals surface area contributed by atoms with Crippen LogP contribution in [0.2, 0.25) is 0 Å². The molecule has 3 amide bonds. The first-order valence-electron chi connectivity index (χ1n) is 9.92. The van der Waals surface area contributed by atoms with Gasteiger partial charge in [-0.1, -0.05) is 24.3 Å². The zero-order chi connectivity index (χ0) is 21.5. The minimum atomic E-state index is -0.526. The Morgan fingerprint density at radius 3 is 2.73 bits per heavy atom. The lowest BCUT2D eigenvalue weighted by atomic mass is 10.1. The molecule has 8 nitrogen and oxygen atoms in total. The number of thiazole rings is 1. The monoisotopic (exact) mass is 430 g/mol. The van der Waals surface area contributed by atoms with Gasteiger partial charge in [-0.2, -0.15) is 0 Å². The predicted molar refractivity (Wildman–Crippen MR) is 115 cm³/mol. The van der Waals surface area contributed by atoms with Crippen molar-refractivity contribution in [2.75, 3.05) is 25.5 Å².